The second-order valence-corrected chi connectivity index (χ2v) is 42.3. The Morgan fingerprint density at radius 2 is 0.604 bits per heavy atom. The summed E-state index contributed by atoms with van der Waals surface area (Å²) in [6.07, 6.45) is 14.8. The topological polar surface area (TPSA) is 22.8 Å². The number of para-hydroxylation sites is 5. The average Bonchev–Trinajstić information content (AvgIpc) is 1.57. The summed E-state index contributed by atoms with van der Waals surface area (Å²) in [5.74, 6) is 6.00. The van der Waals surface area contributed by atoms with E-state index in [1.807, 2.05) is 0 Å². The smallest absolute Gasteiger partial charge is 0.0562 e. The Balaban J connectivity index is 0.592. The molecule has 8 fully saturated rings. The van der Waals surface area contributed by atoms with Crippen LogP contribution in [0.4, 0.5) is 68.2 Å². The molecule has 139 heavy (non-hydrogen) atoms. The summed E-state index contributed by atoms with van der Waals surface area (Å²) in [5, 5.41) is 9.93. The molecule has 9 aliphatic rings. The molecule has 19 aromatic carbocycles. The van der Waals surface area contributed by atoms with Crippen LogP contribution in [0.25, 0.3) is 121 Å². The second kappa shape index (κ2) is 32.6. The molecule has 2 heterocycles. The molecular weight excluding hydrogens is 1680 g/mol. The molecule has 8 saturated carbocycles. The van der Waals surface area contributed by atoms with Crippen LogP contribution in [-0.4, -0.2) is 9.13 Å². The third-order valence-electron chi connectivity index (χ3n) is 33.8. The maximum Gasteiger partial charge on any atom is 0.0562 e. The molecule has 0 unspecified atom stereocenters. The largest absolute Gasteiger partial charge is 0.310 e. The van der Waals surface area contributed by atoms with E-state index in [-0.39, 0.29) is 10.8 Å². The molecule has 0 aliphatic heterocycles. The minimum Gasteiger partial charge on any atom is -0.310 e. The van der Waals surface area contributed by atoms with Gasteiger partial charge in [-0.2, -0.15) is 0 Å². The Kier molecular flexibility index (Phi) is 19.2. The van der Waals surface area contributed by atoms with Crippen molar-refractivity contribution in [3.05, 3.63) is 459 Å². The van der Waals surface area contributed by atoms with Gasteiger partial charge in [0.15, 0.2) is 0 Å². The summed E-state index contributed by atoms with van der Waals surface area (Å²) in [6, 6.07) is 166. The molecule has 0 atom stereocenters. The maximum atomic E-state index is 2.67. The van der Waals surface area contributed by atoms with Crippen molar-refractivity contribution in [3.8, 4) is 55.9 Å². The summed E-state index contributed by atoms with van der Waals surface area (Å²) in [4.78, 5) is 10.3. The summed E-state index contributed by atoms with van der Waals surface area (Å²) >= 11 is 0. The fraction of sp³-hybridized carbons (Fsp3) is 0.173. The molecule has 2 aromatic heterocycles. The first-order valence-corrected chi connectivity index (χ1v) is 50.9. The minimum absolute atomic E-state index is 0.0924. The van der Waals surface area contributed by atoms with E-state index in [1.54, 1.807) is 5.56 Å². The van der Waals surface area contributed by atoms with E-state index in [4.69, 9.17) is 0 Å². The van der Waals surface area contributed by atoms with E-state index in [0.29, 0.717) is 17.8 Å². The zero-order chi connectivity index (χ0) is 91.7. The predicted octanol–water partition coefficient (Wildman–Crippen LogP) is 36.4. The van der Waals surface area contributed by atoms with Gasteiger partial charge in [0.25, 0.3) is 0 Å². The number of fused-ring (bicyclic) bond motifs is 11. The molecule has 21 aromatic rings. The van der Waals surface area contributed by atoms with Crippen LogP contribution in [0.3, 0.4) is 0 Å². The van der Waals surface area contributed by atoms with Crippen molar-refractivity contribution in [3.63, 3.8) is 0 Å². The zero-order valence-electron chi connectivity index (χ0n) is 78.6. The van der Waals surface area contributed by atoms with Crippen LogP contribution in [0.5, 0.6) is 0 Å². The van der Waals surface area contributed by atoms with Gasteiger partial charge in [0.2, 0.25) is 0 Å². The second-order valence-electron chi connectivity index (χ2n) is 42.3. The number of aromatic nitrogens is 2. The van der Waals surface area contributed by atoms with Crippen LogP contribution >= 0.6 is 0 Å². The molecule has 6 nitrogen and oxygen atoms in total. The average molecular weight is 1790 g/mol. The van der Waals surface area contributed by atoms with Crippen molar-refractivity contribution in [1.29, 1.82) is 0 Å². The van der Waals surface area contributed by atoms with Gasteiger partial charge >= 0.3 is 0 Å². The van der Waals surface area contributed by atoms with E-state index in [1.165, 1.54) is 197 Å². The van der Waals surface area contributed by atoms with Gasteiger partial charge in [-0.3, -0.25) is 0 Å². The maximum absolute atomic E-state index is 2.67. The number of hydrogen-bond donors (Lipinski definition) is 0. The standard InChI is InChI=1S/C133H108N6/c1-132(2)121-62-60-111(80-118(121)119-81-112(61-63-122(119)132)137(108-42-25-34-95(74-108)92-30-10-4-11-31-92)126-49-27-51-128-131(126)117-45-21-23-47-124(117)139(128)105-39-16-7-17-40-105)134(103-35-12-5-13-36-103)113-78-99(72-102(79-113)133-83-88-65-89(84-133)67-90(66-88)85-133)93-52-56-106(57-53-93)135(114-77-98-32-18-19-43-115(98)120(82-114)129-100-68-86-64-87(70-100)71-101(129)69-86)109-58-54-97-76-110(59-55-96(97)75-109)136(107-41-24-33-94(73-107)91-28-8-3-9-29-91)125-48-26-50-127-130(125)116-44-20-22-46-123(116)138(127)104-37-14-6-15-38-104/h3-63,72-82,86-90,100-101,129H,64-71,83-85H2,1-2H3. The molecule has 6 heteroatoms. The van der Waals surface area contributed by atoms with E-state index < -0.39 is 0 Å². The number of benzene rings is 19. The first-order chi connectivity index (χ1) is 68.5. The highest BCUT2D eigenvalue weighted by Crippen LogP contribution is 2.65. The number of anilines is 12. The Bertz CT molecular complexity index is 8350. The lowest BCUT2D eigenvalue weighted by atomic mass is 9.48. The van der Waals surface area contributed by atoms with Crippen molar-refractivity contribution in [2.24, 2.45) is 41.4 Å². The van der Waals surface area contributed by atoms with Crippen LogP contribution < -0.4 is 19.6 Å². The van der Waals surface area contributed by atoms with E-state index in [0.717, 1.165) is 109 Å². The van der Waals surface area contributed by atoms with Crippen LogP contribution in [0.2, 0.25) is 0 Å². The number of rotatable bonds is 19. The SMILES string of the molecule is CC1(C)c2ccc(N(c3ccccc3)c3cc(-c4ccc(N(c5ccc6cc(N(c7cccc(-c8ccccc8)c7)c7cccc8c7c7ccccc7n8-c7ccccc7)ccc6c5)c5cc(C6C7CC8CC(C7)CC6C8)c6ccccc6c5)cc4)cc(C45CC6CC(CC(C6)C4)C5)c3)cc2-c2cc(N(c3cccc(-c4ccccc4)c3)c3cccc4c3c3ccccc3n4-c3ccccc3)ccc21. The van der Waals surface area contributed by atoms with E-state index >= 15 is 0 Å². The summed E-state index contributed by atoms with van der Waals surface area (Å²) in [7, 11) is 0. The zero-order valence-corrected chi connectivity index (χ0v) is 78.6. The Morgan fingerprint density at radius 3 is 1.13 bits per heavy atom. The molecule has 0 saturated heterocycles. The highest BCUT2D eigenvalue weighted by molar-refractivity contribution is 6.19. The predicted molar refractivity (Wildman–Crippen MR) is 582 cm³/mol. The van der Waals surface area contributed by atoms with Crippen LogP contribution in [0.15, 0.2) is 437 Å². The molecule has 670 valence electrons. The molecule has 0 radical (unpaired) electrons. The van der Waals surface area contributed by atoms with E-state index in [9.17, 15) is 0 Å². The normalized spacial score (nSPS) is 20.1. The summed E-state index contributed by atoms with van der Waals surface area (Å²) < 4.78 is 4.88. The van der Waals surface area contributed by atoms with Gasteiger partial charge in [-0.25, -0.2) is 0 Å². The lowest BCUT2D eigenvalue weighted by molar-refractivity contribution is -0.00515. The fourth-order valence-corrected chi connectivity index (χ4v) is 28.5. The van der Waals surface area contributed by atoms with Crippen molar-refractivity contribution >= 4 is 133 Å². The highest BCUT2D eigenvalue weighted by Gasteiger charge is 2.53. The third-order valence-corrected chi connectivity index (χ3v) is 33.8. The van der Waals surface area contributed by atoms with Gasteiger partial charge in [-0.05, 0) is 394 Å². The van der Waals surface area contributed by atoms with Gasteiger partial charge in [-0.15, -0.1) is 0 Å². The van der Waals surface area contributed by atoms with Crippen molar-refractivity contribution in [1.82, 2.24) is 9.13 Å². The Morgan fingerprint density at radius 1 is 0.237 bits per heavy atom. The number of nitrogens with zero attached hydrogens (tertiary/aromatic N) is 6. The van der Waals surface area contributed by atoms with Gasteiger partial charge in [-0.1, -0.05) is 269 Å². The Hall–Kier alpha value is -15.5. The van der Waals surface area contributed by atoms with E-state index in [2.05, 4.69) is 479 Å². The molecular formula is C133H108N6. The molecule has 0 spiro atoms. The Labute approximate surface area is 814 Å². The molecule has 0 N–H and O–H groups in total. The van der Waals surface area contributed by atoms with Crippen LogP contribution in [-0.2, 0) is 10.8 Å². The van der Waals surface area contributed by atoms with Gasteiger partial charge in [0, 0.05) is 95.2 Å². The highest BCUT2D eigenvalue weighted by atomic mass is 15.2. The van der Waals surface area contributed by atoms with Gasteiger partial charge < -0.3 is 28.7 Å². The van der Waals surface area contributed by atoms with Crippen LogP contribution in [0.1, 0.15) is 113 Å². The number of hydrogen-bond acceptors (Lipinski definition) is 4. The summed E-state index contributed by atoms with van der Waals surface area (Å²) in [6.45, 7) is 4.88. The van der Waals surface area contributed by atoms with Gasteiger partial charge in [0.05, 0.1) is 33.4 Å². The molecule has 8 bridgehead atoms. The third kappa shape index (κ3) is 13.7. The first-order valence-electron chi connectivity index (χ1n) is 50.9. The monoisotopic (exact) mass is 1790 g/mol. The lowest BCUT2D eigenvalue weighted by Crippen LogP contribution is -2.48. The molecule has 30 rings (SSSR count). The molecule has 0 amide bonds. The summed E-state index contributed by atoms with van der Waals surface area (Å²) in [5.41, 5.74) is 35.8. The van der Waals surface area contributed by atoms with Crippen molar-refractivity contribution in [2.75, 3.05) is 19.6 Å². The van der Waals surface area contributed by atoms with Gasteiger partial charge in [0.1, 0.15) is 0 Å². The van der Waals surface area contributed by atoms with Crippen molar-refractivity contribution in [2.45, 2.75) is 101 Å². The van der Waals surface area contributed by atoms with Crippen molar-refractivity contribution < 1.29 is 0 Å². The minimum atomic E-state index is -0.289. The quantitative estimate of drug-likeness (QED) is 0.0805. The molecule has 9 aliphatic carbocycles. The fourth-order valence-electron chi connectivity index (χ4n) is 28.5. The van der Waals surface area contributed by atoms with Crippen LogP contribution in [0, 0.1) is 41.4 Å². The lowest BCUT2D eigenvalue weighted by Gasteiger charge is -2.57. The first kappa shape index (κ1) is 81.8.